The molecule has 0 aliphatic rings. The lowest BCUT2D eigenvalue weighted by molar-refractivity contribution is 0.377. The monoisotopic (exact) mass is 259 g/mol. The van der Waals surface area contributed by atoms with Gasteiger partial charge in [0.25, 0.3) is 0 Å². The van der Waals surface area contributed by atoms with Gasteiger partial charge in [-0.3, -0.25) is 0 Å². The first kappa shape index (κ1) is 17.5. The molecule has 3 heteroatoms. The van der Waals surface area contributed by atoms with Crippen LogP contribution in [-0.2, 0) is 0 Å². The fraction of sp³-hybridized carbons (Fsp3) is 0.812. The Balaban J connectivity index is 3.77. The van der Waals surface area contributed by atoms with Crippen molar-refractivity contribution in [2.24, 2.45) is 5.92 Å². The zero-order valence-electron chi connectivity index (χ0n) is 11.9. The van der Waals surface area contributed by atoms with Crippen LogP contribution in [0.15, 0.2) is 0 Å². The maximum atomic E-state index is 8.52. The van der Waals surface area contributed by atoms with Gasteiger partial charge in [-0.2, -0.15) is 15.8 Å². The number of hydrogen-bond donors (Lipinski definition) is 0. The topological polar surface area (TPSA) is 71.4 Å². The van der Waals surface area contributed by atoms with E-state index < -0.39 is 0 Å². The molecule has 0 unspecified atom stereocenters. The predicted octanol–water partition coefficient (Wildman–Crippen LogP) is 4.85. The van der Waals surface area contributed by atoms with E-state index >= 15 is 0 Å². The van der Waals surface area contributed by atoms with Gasteiger partial charge in [0.15, 0.2) is 0 Å². The van der Waals surface area contributed by atoms with Crippen molar-refractivity contribution < 1.29 is 0 Å². The van der Waals surface area contributed by atoms with Crippen molar-refractivity contribution in [2.75, 3.05) is 0 Å². The predicted molar refractivity (Wildman–Crippen MR) is 75.7 cm³/mol. The van der Waals surface area contributed by atoms with Crippen LogP contribution in [0, 0.1) is 39.9 Å². The number of nitrogens with zero attached hydrogens (tertiary/aromatic N) is 3. The first-order chi connectivity index (χ1) is 9.35. The van der Waals surface area contributed by atoms with Crippen LogP contribution in [0.2, 0.25) is 0 Å². The van der Waals surface area contributed by atoms with Crippen LogP contribution in [0.3, 0.4) is 0 Å². The number of hydrogen-bond acceptors (Lipinski definition) is 3. The molecular weight excluding hydrogens is 234 g/mol. The molecule has 0 heterocycles. The molecule has 3 nitrogen and oxygen atoms in total. The Bertz CT molecular complexity index is 264. The number of rotatable bonds is 12. The SMILES string of the molecule is N#CCCCCC(CCCCC#N)CCCCC#N. The Morgan fingerprint density at radius 1 is 0.526 bits per heavy atom. The maximum absolute atomic E-state index is 8.52. The molecule has 0 aromatic heterocycles. The van der Waals surface area contributed by atoms with E-state index in [1.807, 2.05) is 0 Å². The zero-order valence-corrected chi connectivity index (χ0v) is 11.9. The van der Waals surface area contributed by atoms with E-state index in [0.717, 1.165) is 44.4 Å². The molecule has 0 aromatic rings. The van der Waals surface area contributed by atoms with Crippen LogP contribution in [0.5, 0.6) is 0 Å². The molecule has 0 N–H and O–H groups in total. The molecule has 0 radical (unpaired) electrons. The molecular formula is C16H25N3. The van der Waals surface area contributed by atoms with Crippen LogP contribution in [-0.4, -0.2) is 0 Å². The van der Waals surface area contributed by atoms with Crippen molar-refractivity contribution >= 4 is 0 Å². The summed E-state index contributed by atoms with van der Waals surface area (Å²) in [5.74, 6) is 0.719. The second-order valence-corrected chi connectivity index (χ2v) is 5.08. The van der Waals surface area contributed by atoms with Gasteiger partial charge in [0, 0.05) is 19.3 Å². The second-order valence-electron chi connectivity index (χ2n) is 5.08. The van der Waals surface area contributed by atoms with Crippen molar-refractivity contribution in [2.45, 2.75) is 77.0 Å². The summed E-state index contributed by atoms with van der Waals surface area (Å²) in [6.07, 6.45) is 12.0. The Morgan fingerprint density at radius 3 is 1.11 bits per heavy atom. The normalized spacial score (nSPS) is 9.79. The van der Waals surface area contributed by atoms with E-state index in [2.05, 4.69) is 18.2 Å². The van der Waals surface area contributed by atoms with Crippen molar-refractivity contribution in [3.63, 3.8) is 0 Å². The van der Waals surface area contributed by atoms with Gasteiger partial charge in [0.05, 0.1) is 18.2 Å². The van der Waals surface area contributed by atoms with E-state index in [-0.39, 0.29) is 0 Å². The summed E-state index contributed by atoms with van der Waals surface area (Å²) < 4.78 is 0. The van der Waals surface area contributed by atoms with E-state index in [1.54, 1.807) is 0 Å². The lowest BCUT2D eigenvalue weighted by atomic mass is 9.90. The fourth-order valence-corrected chi connectivity index (χ4v) is 2.34. The van der Waals surface area contributed by atoms with Crippen LogP contribution in [0.4, 0.5) is 0 Å². The highest BCUT2D eigenvalue weighted by atomic mass is 14.2. The van der Waals surface area contributed by atoms with E-state index in [4.69, 9.17) is 15.8 Å². The quantitative estimate of drug-likeness (QED) is 0.470. The third-order valence-electron chi connectivity index (χ3n) is 3.45. The van der Waals surface area contributed by atoms with Crippen molar-refractivity contribution in [1.82, 2.24) is 0 Å². The van der Waals surface area contributed by atoms with Gasteiger partial charge in [0.2, 0.25) is 0 Å². The van der Waals surface area contributed by atoms with E-state index in [1.165, 1.54) is 19.3 Å². The fourth-order valence-electron chi connectivity index (χ4n) is 2.34. The lowest BCUT2D eigenvalue weighted by Crippen LogP contribution is -2.01. The molecule has 0 aromatic carbocycles. The van der Waals surface area contributed by atoms with Gasteiger partial charge in [-0.15, -0.1) is 0 Å². The van der Waals surface area contributed by atoms with E-state index in [0.29, 0.717) is 19.3 Å². The highest BCUT2D eigenvalue weighted by Gasteiger charge is 2.08. The lowest BCUT2D eigenvalue weighted by Gasteiger charge is -2.16. The van der Waals surface area contributed by atoms with Gasteiger partial charge in [-0.25, -0.2) is 0 Å². The van der Waals surface area contributed by atoms with Gasteiger partial charge < -0.3 is 0 Å². The van der Waals surface area contributed by atoms with Gasteiger partial charge in [-0.05, 0) is 25.2 Å². The third-order valence-corrected chi connectivity index (χ3v) is 3.45. The molecule has 0 atom stereocenters. The molecule has 0 aliphatic carbocycles. The molecule has 0 amide bonds. The summed E-state index contributed by atoms with van der Waals surface area (Å²) in [5.41, 5.74) is 0. The van der Waals surface area contributed by atoms with Gasteiger partial charge >= 0.3 is 0 Å². The first-order valence-electron chi connectivity index (χ1n) is 7.46. The standard InChI is InChI=1S/C16H25N3/c17-13-7-1-4-10-16(11-5-2-8-14-18)12-6-3-9-15-19/h16H,1-12H2. The second kappa shape index (κ2) is 14.5. The minimum absolute atomic E-state index is 0.662. The first-order valence-corrected chi connectivity index (χ1v) is 7.46. The molecule has 0 bridgehead atoms. The number of unbranched alkanes of at least 4 members (excludes halogenated alkanes) is 6. The van der Waals surface area contributed by atoms with E-state index in [9.17, 15) is 0 Å². The average Bonchev–Trinajstić information content (AvgIpc) is 2.43. The highest BCUT2D eigenvalue weighted by molar-refractivity contribution is 4.72. The largest absolute Gasteiger partial charge is 0.198 e. The molecule has 0 fully saturated rings. The van der Waals surface area contributed by atoms with Crippen molar-refractivity contribution in [3.05, 3.63) is 0 Å². The maximum Gasteiger partial charge on any atom is 0.0621 e. The van der Waals surface area contributed by atoms with Crippen molar-refractivity contribution in [3.8, 4) is 18.2 Å². The Hall–Kier alpha value is -1.53. The minimum atomic E-state index is 0.662. The smallest absolute Gasteiger partial charge is 0.0621 e. The molecule has 0 rings (SSSR count). The molecule has 0 aliphatic heterocycles. The Kier molecular flexibility index (Phi) is 13.4. The summed E-state index contributed by atoms with van der Waals surface area (Å²) in [6, 6.07) is 6.57. The summed E-state index contributed by atoms with van der Waals surface area (Å²) >= 11 is 0. The molecule has 0 saturated carbocycles. The molecule has 104 valence electrons. The summed E-state index contributed by atoms with van der Waals surface area (Å²) in [4.78, 5) is 0. The summed E-state index contributed by atoms with van der Waals surface area (Å²) in [6.45, 7) is 0. The number of nitriles is 3. The summed E-state index contributed by atoms with van der Waals surface area (Å²) in [7, 11) is 0. The highest BCUT2D eigenvalue weighted by Crippen LogP contribution is 2.23. The summed E-state index contributed by atoms with van der Waals surface area (Å²) in [5, 5.41) is 25.6. The van der Waals surface area contributed by atoms with Gasteiger partial charge in [-0.1, -0.05) is 38.5 Å². The van der Waals surface area contributed by atoms with Crippen LogP contribution in [0.25, 0.3) is 0 Å². The van der Waals surface area contributed by atoms with Crippen LogP contribution < -0.4 is 0 Å². The zero-order chi connectivity index (χ0) is 14.2. The average molecular weight is 259 g/mol. The third kappa shape index (κ3) is 12.7. The molecule has 19 heavy (non-hydrogen) atoms. The molecule has 0 saturated heterocycles. The van der Waals surface area contributed by atoms with Gasteiger partial charge in [0.1, 0.15) is 0 Å². The Labute approximate surface area is 117 Å². The minimum Gasteiger partial charge on any atom is -0.198 e. The Morgan fingerprint density at radius 2 is 0.842 bits per heavy atom. The van der Waals surface area contributed by atoms with Crippen LogP contribution in [0.1, 0.15) is 77.0 Å². The molecule has 0 spiro atoms. The van der Waals surface area contributed by atoms with Crippen LogP contribution >= 0.6 is 0 Å². The van der Waals surface area contributed by atoms with Crippen molar-refractivity contribution in [1.29, 1.82) is 15.8 Å².